The second-order valence-corrected chi connectivity index (χ2v) is 11.3. The molecule has 14 heteroatoms. The van der Waals surface area contributed by atoms with Crippen LogP contribution in [0.1, 0.15) is 44.8 Å². The minimum Gasteiger partial charge on any atom is -0.366 e. The number of carbonyl (C=O) groups excluding carboxylic acids is 2. The fourth-order valence-electron chi connectivity index (χ4n) is 4.48. The monoisotopic (exact) mass is 576 g/mol. The Kier molecular flexibility index (Phi) is 6.53. The summed E-state index contributed by atoms with van der Waals surface area (Å²) >= 11 is 0. The Balaban J connectivity index is 1.84. The molecule has 1 aliphatic rings. The minimum absolute atomic E-state index is 0.0240. The number of nitrogens with two attached hydrogens (primary N) is 1. The minimum atomic E-state index is -4.80. The maximum absolute atomic E-state index is 14.9. The molecule has 2 heterocycles. The van der Waals surface area contributed by atoms with Gasteiger partial charge in [-0.1, -0.05) is 0 Å². The van der Waals surface area contributed by atoms with Crippen molar-refractivity contribution in [1.82, 2.24) is 14.3 Å². The van der Waals surface area contributed by atoms with E-state index in [1.807, 2.05) is 4.72 Å². The van der Waals surface area contributed by atoms with Crippen molar-refractivity contribution in [3.05, 3.63) is 93.3 Å². The number of sulfonamides is 1. The summed E-state index contributed by atoms with van der Waals surface area (Å²) in [5.74, 6) is -2.92. The predicted molar refractivity (Wildman–Crippen MR) is 136 cm³/mol. The van der Waals surface area contributed by atoms with Crippen molar-refractivity contribution in [3.63, 3.8) is 0 Å². The topological polar surface area (TPSA) is 144 Å². The molecule has 0 bridgehead atoms. The maximum atomic E-state index is 14.9. The molecule has 1 saturated carbocycles. The molecule has 0 atom stereocenters. The van der Waals surface area contributed by atoms with Crippen molar-refractivity contribution in [2.75, 3.05) is 0 Å². The Morgan fingerprint density at radius 3 is 2.45 bits per heavy atom. The zero-order valence-electron chi connectivity index (χ0n) is 20.4. The van der Waals surface area contributed by atoms with Gasteiger partial charge in [-0.2, -0.15) is 13.2 Å². The molecule has 2 amide bonds. The SMILES string of the molecule is NC(=O)c1ccc(F)c(Cn2c(C(=O)NS(=O)(=O)C3CC3)c(-c3ccc[nH]c3=O)c3cc(C(F)(F)F)ccc32)c1. The molecule has 9 nitrogen and oxygen atoms in total. The van der Waals surface area contributed by atoms with E-state index in [0.717, 1.165) is 41.0 Å². The predicted octanol–water partition coefficient (Wildman–Crippen LogP) is 3.52. The number of benzene rings is 2. The van der Waals surface area contributed by atoms with E-state index in [4.69, 9.17) is 5.73 Å². The number of amides is 2. The number of halogens is 4. The smallest absolute Gasteiger partial charge is 0.366 e. The highest BCUT2D eigenvalue weighted by atomic mass is 32.2. The van der Waals surface area contributed by atoms with E-state index in [1.54, 1.807) is 0 Å². The number of H-pyrrole nitrogens is 1. The highest BCUT2D eigenvalue weighted by molar-refractivity contribution is 7.91. The van der Waals surface area contributed by atoms with Crippen molar-refractivity contribution < 1.29 is 35.6 Å². The van der Waals surface area contributed by atoms with E-state index in [9.17, 15) is 40.4 Å². The van der Waals surface area contributed by atoms with E-state index in [0.29, 0.717) is 12.8 Å². The van der Waals surface area contributed by atoms with E-state index in [-0.39, 0.29) is 33.2 Å². The van der Waals surface area contributed by atoms with Gasteiger partial charge in [0.2, 0.25) is 15.9 Å². The third-order valence-corrected chi connectivity index (χ3v) is 8.37. The van der Waals surface area contributed by atoms with Crippen LogP contribution in [0.4, 0.5) is 17.6 Å². The number of aromatic nitrogens is 2. The number of rotatable bonds is 7. The van der Waals surface area contributed by atoms with Gasteiger partial charge in [0, 0.05) is 39.4 Å². The van der Waals surface area contributed by atoms with Crippen molar-refractivity contribution in [3.8, 4) is 11.1 Å². The van der Waals surface area contributed by atoms with Crippen molar-refractivity contribution in [2.45, 2.75) is 30.8 Å². The number of hydrogen-bond acceptors (Lipinski definition) is 5. The average molecular weight is 577 g/mol. The van der Waals surface area contributed by atoms with Crippen LogP contribution in [0.5, 0.6) is 0 Å². The van der Waals surface area contributed by atoms with Gasteiger partial charge in [-0.15, -0.1) is 0 Å². The van der Waals surface area contributed by atoms with Gasteiger partial charge >= 0.3 is 6.18 Å². The number of alkyl halides is 3. The lowest BCUT2D eigenvalue weighted by atomic mass is 10.0. The normalized spacial score (nSPS) is 13.9. The molecule has 0 saturated heterocycles. The van der Waals surface area contributed by atoms with Gasteiger partial charge in [0.1, 0.15) is 11.5 Å². The molecule has 5 rings (SSSR count). The Hall–Kier alpha value is -4.46. The van der Waals surface area contributed by atoms with Crippen LogP contribution in [0.15, 0.2) is 59.5 Å². The number of hydrogen-bond donors (Lipinski definition) is 3. The molecule has 1 aliphatic carbocycles. The molecule has 208 valence electrons. The summed E-state index contributed by atoms with van der Waals surface area (Å²) in [5.41, 5.74) is 2.20. The highest BCUT2D eigenvalue weighted by Gasteiger charge is 2.39. The quantitative estimate of drug-likeness (QED) is 0.289. The largest absolute Gasteiger partial charge is 0.416 e. The van der Waals surface area contributed by atoms with Crippen LogP contribution in [0, 0.1) is 5.82 Å². The van der Waals surface area contributed by atoms with Crippen molar-refractivity contribution in [2.24, 2.45) is 5.73 Å². The first-order chi connectivity index (χ1) is 18.8. The molecule has 0 spiro atoms. The van der Waals surface area contributed by atoms with Gasteiger partial charge < -0.3 is 15.3 Å². The average Bonchev–Trinajstić information content (AvgIpc) is 3.69. The highest BCUT2D eigenvalue weighted by Crippen LogP contribution is 2.39. The lowest BCUT2D eigenvalue weighted by molar-refractivity contribution is -0.137. The summed E-state index contributed by atoms with van der Waals surface area (Å²) in [5, 5.41) is -1.02. The second kappa shape index (κ2) is 9.62. The Bertz CT molecular complexity index is 1860. The van der Waals surface area contributed by atoms with Crippen molar-refractivity contribution in [1.29, 1.82) is 0 Å². The molecule has 1 fully saturated rings. The molecule has 4 aromatic rings. The van der Waals surface area contributed by atoms with Crippen LogP contribution in [-0.4, -0.2) is 35.0 Å². The molecular weight excluding hydrogens is 556 g/mol. The zero-order chi connectivity index (χ0) is 29.0. The first kappa shape index (κ1) is 27.1. The standard InChI is InChI=1S/C26H20F4N4O5S/c27-19-7-3-13(23(31)35)10-14(19)12-34-20-8-4-15(26(28,29)30)11-18(20)21(17-2-1-9-32-24(17)36)22(34)25(37)33-40(38,39)16-5-6-16/h1-4,7-11,16H,5-6,12H2,(H2,31,35)(H,32,36)(H,33,37). The van der Waals surface area contributed by atoms with E-state index < -0.39 is 62.4 Å². The van der Waals surface area contributed by atoms with E-state index in [1.165, 1.54) is 18.3 Å². The number of pyridine rings is 1. The fourth-order valence-corrected chi connectivity index (χ4v) is 5.76. The number of nitrogens with one attached hydrogen (secondary N) is 2. The summed E-state index contributed by atoms with van der Waals surface area (Å²) in [6.07, 6.45) is -2.89. The molecular formula is C26H20F4N4O5S. The van der Waals surface area contributed by atoms with Gasteiger partial charge in [-0.25, -0.2) is 17.5 Å². The van der Waals surface area contributed by atoms with Gasteiger partial charge in [-0.3, -0.25) is 14.4 Å². The number of aromatic amines is 1. The molecule has 0 aliphatic heterocycles. The first-order valence-corrected chi connectivity index (χ1v) is 13.4. The van der Waals surface area contributed by atoms with Crippen LogP contribution < -0.4 is 16.0 Å². The Morgan fingerprint density at radius 2 is 1.82 bits per heavy atom. The summed E-state index contributed by atoms with van der Waals surface area (Å²) in [7, 11) is -4.14. The Morgan fingerprint density at radius 1 is 1.10 bits per heavy atom. The van der Waals surface area contributed by atoms with E-state index >= 15 is 0 Å². The van der Waals surface area contributed by atoms with Gasteiger partial charge in [0.05, 0.1) is 17.4 Å². The van der Waals surface area contributed by atoms with Crippen LogP contribution in [-0.2, 0) is 22.7 Å². The van der Waals surface area contributed by atoms with Crippen LogP contribution in [0.3, 0.4) is 0 Å². The van der Waals surface area contributed by atoms with Crippen LogP contribution in [0.2, 0.25) is 0 Å². The second-order valence-electron chi connectivity index (χ2n) is 9.30. The zero-order valence-corrected chi connectivity index (χ0v) is 21.2. The summed E-state index contributed by atoms with van der Waals surface area (Å²) in [6, 6.07) is 8.38. The third kappa shape index (κ3) is 4.97. The molecule has 0 unspecified atom stereocenters. The lowest BCUT2D eigenvalue weighted by Crippen LogP contribution is -2.35. The molecule has 4 N–H and O–H groups in total. The number of fused-ring (bicyclic) bond motifs is 1. The van der Waals surface area contributed by atoms with Crippen LogP contribution in [0.25, 0.3) is 22.0 Å². The molecule has 2 aromatic heterocycles. The molecule has 0 radical (unpaired) electrons. The molecule has 40 heavy (non-hydrogen) atoms. The van der Waals surface area contributed by atoms with Gasteiger partial charge in [0.25, 0.3) is 11.5 Å². The van der Waals surface area contributed by atoms with Crippen LogP contribution >= 0.6 is 0 Å². The third-order valence-electron chi connectivity index (χ3n) is 6.55. The number of carbonyl (C=O) groups is 2. The maximum Gasteiger partial charge on any atom is 0.416 e. The number of nitrogens with zero attached hydrogens (tertiary/aromatic N) is 1. The van der Waals surface area contributed by atoms with E-state index in [2.05, 4.69) is 4.98 Å². The molecule has 2 aromatic carbocycles. The van der Waals surface area contributed by atoms with Gasteiger partial charge in [0.15, 0.2) is 0 Å². The van der Waals surface area contributed by atoms with Gasteiger partial charge in [-0.05, 0) is 61.4 Å². The first-order valence-electron chi connectivity index (χ1n) is 11.8. The summed E-state index contributed by atoms with van der Waals surface area (Å²) in [4.78, 5) is 40.5. The summed E-state index contributed by atoms with van der Waals surface area (Å²) < 4.78 is 84.4. The Labute approximate surface area is 223 Å². The van der Waals surface area contributed by atoms with Crippen molar-refractivity contribution >= 4 is 32.7 Å². The lowest BCUT2D eigenvalue weighted by Gasteiger charge is -2.14. The summed E-state index contributed by atoms with van der Waals surface area (Å²) in [6.45, 7) is -0.522. The fraction of sp³-hybridized carbons (Fsp3) is 0.192. The number of primary amides is 1.